The van der Waals surface area contributed by atoms with Gasteiger partial charge >= 0.3 is 0 Å². The number of aromatic hydroxyl groups is 1. The molecule has 34 heavy (non-hydrogen) atoms. The summed E-state index contributed by atoms with van der Waals surface area (Å²) in [6, 6.07) is 6.39. The Hall–Kier alpha value is -2.97. The van der Waals surface area contributed by atoms with Crippen molar-refractivity contribution in [3.8, 4) is 5.75 Å². The second kappa shape index (κ2) is 15.8. The van der Waals surface area contributed by atoms with Crippen molar-refractivity contribution in [1.29, 1.82) is 0 Å². The first kappa shape index (κ1) is 33.2. The van der Waals surface area contributed by atoms with Gasteiger partial charge in [0.05, 0.1) is 5.56 Å². The van der Waals surface area contributed by atoms with Gasteiger partial charge in [-0.1, -0.05) is 12.1 Å². The van der Waals surface area contributed by atoms with Crippen LogP contribution in [0.5, 0.6) is 5.75 Å². The number of anilines is 3. The number of phenols is 1. The number of hydrogen-bond donors (Lipinski definition) is 7. The number of nitrogens with zero attached hydrogens (tertiary/aromatic N) is 5. The molecule has 0 radical (unpaired) electrons. The average Bonchev–Trinajstić information content (AvgIpc) is 2.79. The first-order valence-electron chi connectivity index (χ1n) is 10.3. The number of rotatable bonds is 5. The van der Waals surface area contributed by atoms with E-state index in [1.807, 2.05) is 0 Å². The summed E-state index contributed by atoms with van der Waals surface area (Å²) in [7, 11) is 0. The fourth-order valence-corrected chi connectivity index (χ4v) is 3.73. The molecule has 0 unspecified atom stereocenters. The molecule has 15 N–H and O–H groups in total. The molecule has 0 saturated carbocycles. The third kappa shape index (κ3) is 8.11. The topological polar surface area (TPSA) is 247 Å². The van der Waals surface area contributed by atoms with Gasteiger partial charge in [-0.05, 0) is 50.7 Å². The predicted octanol–water partition coefficient (Wildman–Crippen LogP) is 4.37. The van der Waals surface area contributed by atoms with Gasteiger partial charge in [0.25, 0.3) is 5.91 Å². The number of piperidine rings is 2. The zero-order chi connectivity index (χ0) is 20.1. The molecular formula is C20H48ClN11O2. The van der Waals surface area contributed by atoms with Crippen molar-refractivity contribution in [3.63, 3.8) is 0 Å². The lowest BCUT2D eigenvalue weighted by Gasteiger charge is -2.30. The van der Waals surface area contributed by atoms with Crippen molar-refractivity contribution in [1.82, 2.24) is 45.0 Å². The molecule has 2 aliphatic rings. The summed E-state index contributed by atoms with van der Waals surface area (Å²) in [4.78, 5) is 30.5. The maximum atomic E-state index is 12.4. The standard InChI is InChI=1S/C20H27N7O2.ClH.4H3N.4H2/c28-16-10-4-3-9-15(16)17(29)24-25-18-21-19(26-11-5-1-6-12-26)23-20(22-18)27-13-7-2-8-14-27;;;;;;;;;/h3-4,9-10,28H,1-2,5-8,11-14H2,(H,24,29)(H,21,22,23,25);1H;4*1H3;4*1H. The van der Waals surface area contributed by atoms with Crippen molar-refractivity contribution in [3.05, 3.63) is 29.8 Å². The van der Waals surface area contributed by atoms with Crippen LogP contribution in [0.4, 0.5) is 17.8 Å². The lowest BCUT2D eigenvalue weighted by molar-refractivity contribution is 0.0959. The van der Waals surface area contributed by atoms with Crippen LogP contribution in [0, 0.1) is 0 Å². The number of para-hydroxylation sites is 1. The molecular weight excluding hydrogens is 462 g/mol. The van der Waals surface area contributed by atoms with Gasteiger partial charge in [-0.15, -0.1) is 12.4 Å². The van der Waals surface area contributed by atoms with E-state index in [9.17, 15) is 9.90 Å². The van der Waals surface area contributed by atoms with E-state index in [0.717, 1.165) is 51.9 Å². The van der Waals surface area contributed by atoms with Gasteiger partial charge in [-0.25, -0.2) is 0 Å². The molecule has 2 fully saturated rings. The summed E-state index contributed by atoms with van der Waals surface area (Å²) in [6.07, 6.45) is 6.94. The Kier molecular flexibility index (Phi) is 15.4. The first-order valence-corrected chi connectivity index (χ1v) is 10.3. The highest BCUT2D eigenvalue weighted by Gasteiger charge is 2.20. The number of aromatic nitrogens is 3. The largest absolute Gasteiger partial charge is 0.507 e. The zero-order valence-corrected chi connectivity index (χ0v) is 20.5. The molecule has 0 spiro atoms. The molecule has 0 aliphatic carbocycles. The summed E-state index contributed by atoms with van der Waals surface area (Å²) < 4.78 is 0. The van der Waals surface area contributed by atoms with Gasteiger partial charge in [0, 0.05) is 31.9 Å². The van der Waals surface area contributed by atoms with Gasteiger partial charge < -0.3 is 39.5 Å². The molecule has 14 heteroatoms. The average molecular weight is 510 g/mol. The van der Waals surface area contributed by atoms with E-state index in [1.54, 1.807) is 18.2 Å². The van der Waals surface area contributed by atoms with Gasteiger partial charge in [0.15, 0.2) is 0 Å². The van der Waals surface area contributed by atoms with Crippen molar-refractivity contribution < 1.29 is 15.6 Å². The highest BCUT2D eigenvalue weighted by Crippen LogP contribution is 2.22. The fourth-order valence-electron chi connectivity index (χ4n) is 3.73. The Morgan fingerprint density at radius 3 is 1.74 bits per heavy atom. The van der Waals surface area contributed by atoms with Crippen LogP contribution in [-0.2, 0) is 0 Å². The highest BCUT2D eigenvalue weighted by molar-refractivity contribution is 5.97. The van der Waals surface area contributed by atoms with Crippen LogP contribution in [0.15, 0.2) is 24.3 Å². The van der Waals surface area contributed by atoms with Crippen LogP contribution in [0.25, 0.3) is 0 Å². The number of carbonyl (C=O) groups excluding carboxylic acids is 1. The maximum absolute atomic E-state index is 12.4. The van der Waals surface area contributed by atoms with E-state index in [1.165, 1.54) is 18.9 Å². The SMILES string of the molecule is Cl.N.N.N.N.O=C(NNc1nc(N2CCCCC2)nc(N2CCCCC2)n1)c1ccccc1O.[HH].[HH].[HH].[HH]. The number of benzene rings is 1. The molecule has 13 nitrogen and oxygen atoms in total. The fraction of sp³-hybridized carbons (Fsp3) is 0.500. The zero-order valence-electron chi connectivity index (χ0n) is 19.7. The molecule has 2 aliphatic heterocycles. The number of halogens is 1. The molecule has 2 saturated heterocycles. The summed E-state index contributed by atoms with van der Waals surface area (Å²) in [5, 5.41) is 9.86. The summed E-state index contributed by atoms with van der Waals surface area (Å²) >= 11 is 0. The molecule has 0 atom stereocenters. The van der Waals surface area contributed by atoms with Crippen LogP contribution < -0.4 is 45.3 Å². The molecule has 2 aromatic rings. The quantitative estimate of drug-likeness (QED) is 0.277. The van der Waals surface area contributed by atoms with E-state index in [4.69, 9.17) is 4.98 Å². The van der Waals surface area contributed by atoms with Crippen molar-refractivity contribution in [2.45, 2.75) is 38.5 Å². The molecule has 1 aromatic heterocycles. The maximum Gasteiger partial charge on any atom is 0.273 e. The van der Waals surface area contributed by atoms with Crippen LogP contribution in [-0.4, -0.2) is 52.1 Å². The van der Waals surface area contributed by atoms with E-state index in [-0.39, 0.29) is 54.0 Å². The Bertz CT molecular complexity index is 844. The van der Waals surface area contributed by atoms with Crippen molar-refractivity contribution in [2.75, 3.05) is 41.4 Å². The Morgan fingerprint density at radius 2 is 1.26 bits per heavy atom. The number of phenolic OH excluding ortho intramolecular Hbond substituents is 1. The van der Waals surface area contributed by atoms with Crippen LogP contribution >= 0.6 is 12.4 Å². The Balaban J connectivity index is -0.000000284. The normalized spacial score (nSPS) is 14.6. The molecule has 3 heterocycles. The first-order chi connectivity index (χ1) is 14.2. The molecule has 0 bridgehead atoms. The molecule has 202 valence electrons. The number of amides is 1. The number of carbonyl (C=O) groups is 1. The van der Waals surface area contributed by atoms with E-state index >= 15 is 0 Å². The predicted molar refractivity (Wildman–Crippen MR) is 147 cm³/mol. The highest BCUT2D eigenvalue weighted by atomic mass is 35.5. The summed E-state index contributed by atoms with van der Waals surface area (Å²) in [6.45, 7) is 3.70. The summed E-state index contributed by atoms with van der Waals surface area (Å²) in [5.41, 5.74) is 5.56. The minimum atomic E-state index is -0.456. The lowest BCUT2D eigenvalue weighted by Crippen LogP contribution is -2.36. The van der Waals surface area contributed by atoms with Crippen LogP contribution in [0.3, 0.4) is 0 Å². The Morgan fingerprint density at radius 1 is 0.794 bits per heavy atom. The molecule has 1 aromatic carbocycles. The number of hydrogen-bond acceptors (Lipinski definition) is 12. The second-order valence-electron chi connectivity index (χ2n) is 7.45. The molecule has 4 rings (SSSR count). The smallest absolute Gasteiger partial charge is 0.273 e. The monoisotopic (exact) mass is 509 g/mol. The second-order valence-corrected chi connectivity index (χ2v) is 7.45. The van der Waals surface area contributed by atoms with Gasteiger partial charge in [-0.2, -0.15) is 15.0 Å². The van der Waals surface area contributed by atoms with Crippen molar-refractivity contribution >= 4 is 36.2 Å². The van der Waals surface area contributed by atoms with Crippen LogP contribution in [0.2, 0.25) is 0 Å². The van der Waals surface area contributed by atoms with Crippen molar-refractivity contribution in [2.24, 2.45) is 0 Å². The van der Waals surface area contributed by atoms with E-state index < -0.39 is 5.91 Å². The Labute approximate surface area is 212 Å². The minimum absolute atomic E-state index is 0. The third-order valence-corrected chi connectivity index (χ3v) is 5.33. The van der Waals surface area contributed by atoms with E-state index in [2.05, 4.69) is 30.6 Å². The van der Waals surface area contributed by atoms with Gasteiger partial charge in [0.2, 0.25) is 17.8 Å². The van der Waals surface area contributed by atoms with Gasteiger partial charge in [-0.3, -0.25) is 15.6 Å². The minimum Gasteiger partial charge on any atom is -0.507 e. The van der Waals surface area contributed by atoms with Gasteiger partial charge in [0.1, 0.15) is 5.75 Å². The van der Waals surface area contributed by atoms with E-state index in [0.29, 0.717) is 17.8 Å². The third-order valence-electron chi connectivity index (χ3n) is 5.33. The number of hydrazine groups is 1. The summed E-state index contributed by atoms with van der Waals surface area (Å²) in [5.74, 6) is 1.04. The lowest BCUT2D eigenvalue weighted by atomic mass is 10.1. The van der Waals surface area contributed by atoms with Crippen LogP contribution in [0.1, 0.15) is 54.6 Å². The molecule has 1 amide bonds. The number of nitrogens with one attached hydrogen (secondary N) is 2.